The van der Waals surface area contributed by atoms with Crippen LogP contribution in [-0.2, 0) is 0 Å². The highest BCUT2D eigenvalue weighted by Gasteiger charge is 2.50. The number of allylic oxidation sites excluding steroid dienone is 3. The molecule has 1 N–H and O–H groups in total. The van der Waals surface area contributed by atoms with Gasteiger partial charge < -0.3 is 4.80 Å². The number of hydrogen-bond acceptors (Lipinski definition) is 1. The van der Waals surface area contributed by atoms with Crippen molar-refractivity contribution in [3.63, 3.8) is 0 Å². The van der Waals surface area contributed by atoms with E-state index >= 15 is 0 Å². The Bertz CT molecular complexity index is 684. The van der Waals surface area contributed by atoms with Crippen molar-refractivity contribution in [1.29, 1.82) is 0 Å². The molecule has 1 nitrogen and oxygen atoms in total. The molecule has 3 heteroatoms. The molecule has 0 saturated carbocycles. The molecule has 0 saturated heterocycles. The van der Waals surface area contributed by atoms with Crippen LogP contribution in [0.25, 0.3) is 0 Å². The number of halogens is 1. The van der Waals surface area contributed by atoms with Gasteiger partial charge in [-0.15, -0.1) is 0 Å². The highest BCUT2D eigenvalue weighted by Crippen LogP contribution is 2.43. The summed E-state index contributed by atoms with van der Waals surface area (Å²) in [5.41, 5.74) is 0. The van der Waals surface area contributed by atoms with E-state index < -0.39 is 8.32 Å². The van der Waals surface area contributed by atoms with Gasteiger partial charge in [-0.25, -0.2) is 0 Å². The van der Waals surface area contributed by atoms with Gasteiger partial charge in [0, 0.05) is 0 Å². The van der Waals surface area contributed by atoms with E-state index in [1.165, 1.54) is 0 Å². The maximum Gasteiger partial charge on any atom is 0.258 e. The Hall–Kier alpha value is -1.17. The summed E-state index contributed by atoms with van der Waals surface area (Å²) in [4.78, 5) is 12.3. The molecule has 2 aromatic rings. The molecule has 0 radical (unpaired) electrons. The average molecular weight is 491 g/mol. The largest absolute Gasteiger partial charge is 0.424 e. The van der Waals surface area contributed by atoms with Crippen molar-refractivity contribution in [3.8, 4) is 0 Å². The third-order valence-electron chi connectivity index (χ3n) is 5.43. The second-order valence-electron chi connectivity index (χ2n) is 7.80. The molecule has 0 aliphatic rings. The molecule has 0 fully saturated rings. The highest BCUT2D eigenvalue weighted by molar-refractivity contribution is 14.1. The van der Waals surface area contributed by atoms with E-state index in [9.17, 15) is 4.80 Å². The molecule has 1 atom stereocenters. The molecule has 0 amide bonds. The van der Waals surface area contributed by atoms with Gasteiger partial charge in [0.05, 0.1) is 0 Å². The van der Waals surface area contributed by atoms with E-state index in [2.05, 4.69) is 89.9 Å². The van der Waals surface area contributed by atoms with Crippen molar-refractivity contribution in [3.05, 3.63) is 83.0 Å². The monoisotopic (exact) mass is 490 g/mol. The minimum atomic E-state index is -2.92. The molecular weight excluding hydrogens is 459 g/mol. The van der Waals surface area contributed by atoms with Crippen molar-refractivity contribution in [2.45, 2.75) is 45.1 Å². The van der Waals surface area contributed by atoms with Crippen LogP contribution in [0.2, 0.25) is 5.04 Å². The predicted octanol–water partition coefficient (Wildman–Crippen LogP) is 5.83. The van der Waals surface area contributed by atoms with E-state index in [-0.39, 0.29) is 5.04 Å². The summed E-state index contributed by atoms with van der Waals surface area (Å²) in [5.74, 6) is 0.522. The lowest BCUT2D eigenvalue weighted by molar-refractivity contribution is 0.384. The van der Waals surface area contributed by atoms with Gasteiger partial charge >= 0.3 is 0 Å². The molecule has 0 heterocycles. The Kier molecular flexibility index (Phi) is 8.51. The zero-order valence-corrected chi connectivity index (χ0v) is 19.8. The van der Waals surface area contributed by atoms with E-state index in [0.29, 0.717) is 5.92 Å². The Labute approximate surface area is 179 Å². The number of hydrogen-bond donors (Lipinski definition) is 1. The summed E-state index contributed by atoms with van der Waals surface area (Å²) in [6, 6.07) is 20.6. The zero-order valence-electron chi connectivity index (χ0n) is 16.6. The fraction of sp³-hybridized carbons (Fsp3) is 0.333. The van der Waals surface area contributed by atoms with Crippen molar-refractivity contribution >= 4 is 41.3 Å². The van der Waals surface area contributed by atoms with E-state index in [0.717, 1.165) is 29.6 Å². The van der Waals surface area contributed by atoms with Crippen LogP contribution in [0.5, 0.6) is 0 Å². The lowest BCUT2D eigenvalue weighted by atomic mass is 9.90. The van der Waals surface area contributed by atoms with Gasteiger partial charge in [0.1, 0.15) is 0 Å². The molecule has 0 bridgehead atoms. The SMILES string of the molecule is C/C=C\C[C@@H](C/C=C\I)CC(C)(C)[Si](O)(c1ccccc1)c1ccccc1. The standard InChI is InChI=1S/C24H31IOSi/c1-4-5-13-21(14-12-19-25)20-24(2,3)27(26,22-15-8-6-9-16-22)23-17-10-7-11-18-23/h4-12,15-19,21,26H,13-14,20H2,1-3H3/b5-4-,19-12-/t21-/m0/s1. The third kappa shape index (κ3) is 5.43. The second kappa shape index (κ2) is 10.4. The summed E-state index contributed by atoms with van der Waals surface area (Å²) < 4.78 is 2.10. The Morgan fingerprint density at radius 1 is 0.926 bits per heavy atom. The first-order valence-corrected chi connectivity index (χ1v) is 12.8. The lowest BCUT2D eigenvalue weighted by Crippen LogP contribution is -2.65. The van der Waals surface area contributed by atoms with Crippen molar-refractivity contribution in [1.82, 2.24) is 0 Å². The molecule has 0 aromatic heterocycles. The first kappa shape index (κ1) is 22.1. The van der Waals surface area contributed by atoms with E-state index in [1.54, 1.807) is 0 Å². The van der Waals surface area contributed by atoms with E-state index in [4.69, 9.17) is 0 Å². The molecular formula is C24H31IOSi. The Balaban J connectivity index is 2.46. The third-order valence-corrected chi connectivity index (χ3v) is 10.4. The first-order chi connectivity index (χ1) is 13.0. The van der Waals surface area contributed by atoms with Crippen LogP contribution in [0, 0.1) is 5.92 Å². The molecule has 0 spiro atoms. The van der Waals surface area contributed by atoms with Crippen LogP contribution >= 0.6 is 22.6 Å². The van der Waals surface area contributed by atoms with Crippen LogP contribution < -0.4 is 10.4 Å². The van der Waals surface area contributed by atoms with Crippen LogP contribution in [-0.4, -0.2) is 13.1 Å². The zero-order chi connectivity index (χ0) is 19.8. The summed E-state index contributed by atoms with van der Waals surface area (Å²) in [6.45, 7) is 6.60. The molecule has 2 rings (SSSR count). The number of rotatable bonds is 9. The predicted molar refractivity (Wildman–Crippen MR) is 129 cm³/mol. The summed E-state index contributed by atoms with van der Waals surface area (Å²) >= 11 is 2.29. The molecule has 0 unspecified atom stereocenters. The smallest absolute Gasteiger partial charge is 0.258 e. The molecule has 27 heavy (non-hydrogen) atoms. The normalized spacial score (nSPS) is 14.1. The summed E-state index contributed by atoms with van der Waals surface area (Å²) in [7, 11) is -2.92. The Morgan fingerprint density at radius 3 is 1.85 bits per heavy atom. The van der Waals surface area contributed by atoms with Gasteiger partial charge in [-0.1, -0.05) is 115 Å². The van der Waals surface area contributed by atoms with Crippen LogP contribution in [0.15, 0.2) is 83.0 Å². The maximum atomic E-state index is 12.3. The topological polar surface area (TPSA) is 20.2 Å². The van der Waals surface area contributed by atoms with Gasteiger partial charge in [-0.3, -0.25) is 0 Å². The first-order valence-electron chi connectivity index (χ1n) is 9.65. The quantitative estimate of drug-likeness (QED) is 0.267. The maximum absolute atomic E-state index is 12.3. The molecule has 0 aliphatic heterocycles. The lowest BCUT2D eigenvalue weighted by Gasteiger charge is -2.43. The van der Waals surface area contributed by atoms with Crippen molar-refractivity contribution in [2.24, 2.45) is 5.92 Å². The van der Waals surface area contributed by atoms with Crippen LogP contribution in [0.1, 0.15) is 40.0 Å². The number of benzene rings is 2. The van der Waals surface area contributed by atoms with Crippen molar-refractivity contribution in [2.75, 3.05) is 0 Å². The molecule has 2 aromatic carbocycles. The van der Waals surface area contributed by atoms with Gasteiger partial charge in [-0.2, -0.15) is 0 Å². The second-order valence-corrected chi connectivity index (χ2v) is 12.4. The van der Waals surface area contributed by atoms with Crippen molar-refractivity contribution < 1.29 is 4.80 Å². The molecule has 144 valence electrons. The van der Waals surface area contributed by atoms with Crippen LogP contribution in [0.3, 0.4) is 0 Å². The summed E-state index contributed by atoms with van der Waals surface area (Å²) in [5, 5.41) is 1.99. The van der Waals surface area contributed by atoms with Gasteiger partial charge in [0.2, 0.25) is 0 Å². The summed E-state index contributed by atoms with van der Waals surface area (Å²) in [6.07, 6.45) is 9.72. The minimum absolute atomic E-state index is 0.193. The average Bonchev–Trinajstić information content (AvgIpc) is 2.70. The Morgan fingerprint density at radius 2 is 1.41 bits per heavy atom. The van der Waals surface area contributed by atoms with Gasteiger partial charge in [0.15, 0.2) is 0 Å². The highest BCUT2D eigenvalue weighted by atomic mass is 127. The minimum Gasteiger partial charge on any atom is -0.424 e. The van der Waals surface area contributed by atoms with Crippen LogP contribution in [0.4, 0.5) is 0 Å². The van der Waals surface area contributed by atoms with Gasteiger partial charge in [-0.05, 0) is 51.6 Å². The fourth-order valence-electron chi connectivity index (χ4n) is 4.01. The fourth-order valence-corrected chi connectivity index (χ4v) is 8.14. The van der Waals surface area contributed by atoms with E-state index in [1.807, 2.05) is 36.4 Å². The molecule has 0 aliphatic carbocycles. The van der Waals surface area contributed by atoms with Gasteiger partial charge in [0.25, 0.3) is 8.32 Å².